The summed E-state index contributed by atoms with van der Waals surface area (Å²) in [5.41, 5.74) is 4.01. The lowest BCUT2D eigenvalue weighted by Gasteiger charge is -2.25. The van der Waals surface area contributed by atoms with Crippen LogP contribution in [-0.2, 0) is 9.59 Å². The molecule has 0 bridgehead atoms. The van der Waals surface area contributed by atoms with E-state index < -0.39 is 0 Å². The van der Waals surface area contributed by atoms with Crippen LogP contribution in [0, 0.1) is 0 Å². The van der Waals surface area contributed by atoms with Crippen LogP contribution in [0.25, 0.3) is 0 Å². The van der Waals surface area contributed by atoms with Crippen molar-refractivity contribution in [3.8, 4) is 0 Å². The van der Waals surface area contributed by atoms with Gasteiger partial charge in [-0.25, -0.2) is 0 Å². The maximum absolute atomic E-state index is 12.4. The normalized spacial score (nSPS) is 17.2. The summed E-state index contributed by atoms with van der Waals surface area (Å²) in [7, 11) is 0. The van der Waals surface area contributed by atoms with Gasteiger partial charge in [0.05, 0.1) is 5.75 Å². The van der Waals surface area contributed by atoms with E-state index in [1.165, 1.54) is 12.5 Å². The van der Waals surface area contributed by atoms with E-state index in [0.717, 1.165) is 16.9 Å². The average Bonchev–Trinajstić information content (AvgIpc) is 2.97. The molecule has 130 valence electrons. The number of amides is 2. The summed E-state index contributed by atoms with van der Waals surface area (Å²) in [5, 5.41) is 2.73. The van der Waals surface area contributed by atoms with Gasteiger partial charge in [-0.1, -0.05) is 38.1 Å². The molecule has 1 aliphatic rings. The van der Waals surface area contributed by atoms with Crippen molar-refractivity contribution in [3.63, 3.8) is 0 Å². The molecule has 1 saturated heterocycles. The van der Waals surface area contributed by atoms with Crippen LogP contribution in [0.4, 0.5) is 11.4 Å². The van der Waals surface area contributed by atoms with E-state index in [-0.39, 0.29) is 17.2 Å². The zero-order valence-electron chi connectivity index (χ0n) is 14.7. The molecule has 3 rings (SSSR count). The molecule has 2 aromatic carbocycles. The number of nitrogens with one attached hydrogen (secondary N) is 1. The second-order valence-corrected chi connectivity index (χ2v) is 7.55. The molecule has 2 aromatic rings. The fourth-order valence-corrected chi connectivity index (χ4v) is 4.08. The van der Waals surface area contributed by atoms with Gasteiger partial charge in [0, 0.05) is 18.3 Å². The molecule has 5 heteroatoms. The van der Waals surface area contributed by atoms with Gasteiger partial charge < -0.3 is 5.32 Å². The fraction of sp³-hybridized carbons (Fsp3) is 0.300. The Kier molecular flexibility index (Phi) is 5.13. The number of nitrogens with zero attached hydrogens (tertiary/aromatic N) is 1. The van der Waals surface area contributed by atoms with Crippen LogP contribution in [0.1, 0.15) is 43.2 Å². The lowest BCUT2D eigenvalue weighted by atomic mass is 10.0. The van der Waals surface area contributed by atoms with Crippen molar-refractivity contribution < 1.29 is 9.59 Å². The first kappa shape index (κ1) is 17.5. The van der Waals surface area contributed by atoms with Crippen LogP contribution >= 0.6 is 11.8 Å². The van der Waals surface area contributed by atoms with Crippen LogP contribution in [-0.4, -0.2) is 17.6 Å². The molecular formula is C20H22N2O2S. The van der Waals surface area contributed by atoms with Gasteiger partial charge in [0.25, 0.3) is 0 Å². The topological polar surface area (TPSA) is 49.4 Å². The predicted octanol–water partition coefficient (Wildman–Crippen LogP) is 4.55. The minimum Gasteiger partial charge on any atom is -0.326 e. The first-order valence-corrected chi connectivity index (χ1v) is 9.42. The number of carbonyl (C=O) groups excluding carboxylic acids is 2. The summed E-state index contributed by atoms with van der Waals surface area (Å²) in [6.45, 7) is 5.82. The van der Waals surface area contributed by atoms with Crippen molar-refractivity contribution in [2.24, 2.45) is 0 Å². The summed E-state index contributed by atoms with van der Waals surface area (Å²) in [6, 6.07) is 15.9. The zero-order chi connectivity index (χ0) is 18.0. The van der Waals surface area contributed by atoms with Crippen LogP contribution in [0.5, 0.6) is 0 Å². The number of rotatable bonds is 4. The molecule has 1 atom stereocenters. The molecule has 1 aliphatic heterocycles. The molecule has 1 unspecified atom stereocenters. The van der Waals surface area contributed by atoms with Crippen molar-refractivity contribution in [1.82, 2.24) is 0 Å². The molecule has 1 N–H and O–H groups in total. The zero-order valence-corrected chi connectivity index (χ0v) is 15.5. The fourth-order valence-electron chi connectivity index (χ4n) is 2.90. The number of anilines is 2. The van der Waals surface area contributed by atoms with Crippen molar-refractivity contribution in [3.05, 3.63) is 59.7 Å². The Bertz CT molecular complexity index is 769. The third-order valence-corrected chi connectivity index (χ3v) is 5.43. The molecule has 0 aromatic heterocycles. The second-order valence-electron chi connectivity index (χ2n) is 6.48. The first-order chi connectivity index (χ1) is 12.0. The van der Waals surface area contributed by atoms with Gasteiger partial charge in [0.15, 0.2) is 0 Å². The molecule has 1 heterocycles. The first-order valence-electron chi connectivity index (χ1n) is 8.37. The van der Waals surface area contributed by atoms with E-state index in [1.54, 1.807) is 11.8 Å². The number of hydrogen-bond donors (Lipinski definition) is 1. The summed E-state index contributed by atoms with van der Waals surface area (Å²) in [6.07, 6.45) is 0. The maximum Gasteiger partial charge on any atom is 0.238 e. The molecule has 1 fully saturated rings. The Labute approximate surface area is 152 Å². The number of thioether (sulfide) groups is 1. The quantitative estimate of drug-likeness (QED) is 0.876. The molecule has 0 saturated carbocycles. The molecular weight excluding hydrogens is 332 g/mol. The average molecular weight is 354 g/mol. The number of carbonyl (C=O) groups is 2. The standard InChI is InChI=1S/C20H22N2O2S/c1-13(2)15-4-6-16(7-5-15)20-22(19(24)12-25-20)18-10-8-17(9-11-18)21-14(3)23/h4-11,13,20H,12H2,1-3H3,(H,21,23). The van der Waals surface area contributed by atoms with E-state index in [9.17, 15) is 9.59 Å². The number of benzene rings is 2. The maximum atomic E-state index is 12.4. The van der Waals surface area contributed by atoms with Gasteiger partial charge in [-0.2, -0.15) is 0 Å². The molecule has 25 heavy (non-hydrogen) atoms. The monoisotopic (exact) mass is 354 g/mol. The van der Waals surface area contributed by atoms with E-state index in [4.69, 9.17) is 0 Å². The molecule has 2 amide bonds. The summed E-state index contributed by atoms with van der Waals surface area (Å²) in [4.78, 5) is 25.4. The lowest BCUT2D eigenvalue weighted by molar-refractivity contribution is -0.116. The number of hydrogen-bond acceptors (Lipinski definition) is 3. The van der Waals surface area contributed by atoms with E-state index in [0.29, 0.717) is 11.7 Å². The van der Waals surface area contributed by atoms with Gasteiger partial charge in [-0.3, -0.25) is 14.5 Å². The highest BCUT2D eigenvalue weighted by Crippen LogP contribution is 2.42. The van der Waals surface area contributed by atoms with E-state index in [1.807, 2.05) is 29.2 Å². The lowest BCUT2D eigenvalue weighted by Crippen LogP contribution is -2.27. The third-order valence-electron chi connectivity index (χ3n) is 4.22. The Morgan fingerprint density at radius 3 is 2.32 bits per heavy atom. The van der Waals surface area contributed by atoms with Gasteiger partial charge in [0.1, 0.15) is 5.37 Å². The molecule has 0 radical (unpaired) electrons. The van der Waals surface area contributed by atoms with Crippen LogP contribution < -0.4 is 10.2 Å². The minimum absolute atomic E-state index is 0.0136. The summed E-state index contributed by atoms with van der Waals surface area (Å²) in [5.74, 6) is 0.965. The highest BCUT2D eigenvalue weighted by atomic mass is 32.2. The summed E-state index contributed by atoms with van der Waals surface area (Å²) >= 11 is 1.64. The van der Waals surface area contributed by atoms with E-state index in [2.05, 4.69) is 43.4 Å². The van der Waals surface area contributed by atoms with Crippen LogP contribution in [0.3, 0.4) is 0 Å². The van der Waals surface area contributed by atoms with E-state index >= 15 is 0 Å². The molecule has 0 spiro atoms. The van der Waals surface area contributed by atoms with Gasteiger partial charge in [0.2, 0.25) is 11.8 Å². The smallest absolute Gasteiger partial charge is 0.238 e. The largest absolute Gasteiger partial charge is 0.326 e. The van der Waals surface area contributed by atoms with Gasteiger partial charge >= 0.3 is 0 Å². The van der Waals surface area contributed by atoms with Crippen LogP contribution in [0.2, 0.25) is 0 Å². The minimum atomic E-state index is -0.108. The Hall–Kier alpha value is -2.27. The SMILES string of the molecule is CC(=O)Nc1ccc(N2C(=O)CSC2c2ccc(C(C)C)cc2)cc1. The third kappa shape index (κ3) is 3.87. The van der Waals surface area contributed by atoms with Crippen LogP contribution in [0.15, 0.2) is 48.5 Å². The highest BCUT2D eigenvalue weighted by Gasteiger charge is 2.33. The Balaban J connectivity index is 1.85. The molecule has 4 nitrogen and oxygen atoms in total. The van der Waals surface area contributed by atoms with Crippen molar-refractivity contribution in [2.45, 2.75) is 32.1 Å². The summed E-state index contributed by atoms with van der Waals surface area (Å²) < 4.78 is 0. The molecule has 0 aliphatic carbocycles. The van der Waals surface area contributed by atoms with Gasteiger partial charge in [-0.15, -0.1) is 11.8 Å². The predicted molar refractivity (Wildman–Crippen MR) is 104 cm³/mol. The Morgan fingerprint density at radius 1 is 1.12 bits per heavy atom. The Morgan fingerprint density at radius 2 is 1.76 bits per heavy atom. The van der Waals surface area contributed by atoms with Crippen molar-refractivity contribution in [1.29, 1.82) is 0 Å². The van der Waals surface area contributed by atoms with Crippen molar-refractivity contribution >= 4 is 35.0 Å². The highest BCUT2D eigenvalue weighted by molar-refractivity contribution is 8.00. The van der Waals surface area contributed by atoms with Gasteiger partial charge in [-0.05, 0) is 41.3 Å². The second kappa shape index (κ2) is 7.31. The van der Waals surface area contributed by atoms with Crippen molar-refractivity contribution in [2.75, 3.05) is 16.0 Å².